The molecule has 0 aliphatic carbocycles. The van der Waals surface area contributed by atoms with Gasteiger partial charge in [0.2, 0.25) is 0 Å². The van der Waals surface area contributed by atoms with Crippen molar-refractivity contribution in [3.63, 3.8) is 0 Å². The van der Waals surface area contributed by atoms with Crippen molar-refractivity contribution < 1.29 is 0 Å². The van der Waals surface area contributed by atoms with E-state index in [1.807, 2.05) is 0 Å². The van der Waals surface area contributed by atoms with Crippen LogP contribution in [0.5, 0.6) is 0 Å². The normalized spacial score (nSPS) is 21.9. The summed E-state index contributed by atoms with van der Waals surface area (Å²) in [7, 11) is 0. The van der Waals surface area contributed by atoms with Crippen LogP contribution in [0.1, 0.15) is 44.2 Å². The van der Waals surface area contributed by atoms with Crippen LogP contribution in [0, 0.1) is 12.8 Å². The fourth-order valence-corrected chi connectivity index (χ4v) is 3.59. The molecule has 1 aliphatic rings. The zero-order chi connectivity index (χ0) is 12.6. The van der Waals surface area contributed by atoms with E-state index in [1.165, 1.54) is 17.7 Å². The van der Waals surface area contributed by atoms with E-state index < -0.39 is 0 Å². The number of nitrogens with zero attached hydrogens (tertiary/aromatic N) is 2. The lowest BCUT2D eigenvalue weighted by Gasteiger charge is -2.30. The number of anilines is 1. The summed E-state index contributed by atoms with van der Waals surface area (Å²) >= 11 is 1.76. The van der Waals surface area contributed by atoms with Crippen LogP contribution >= 0.6 is 11.3 Å². The van der Waals surface area contributed by atoms with Gasteiger partial charge in [0.05, 0.1) is 5.69 Å². The summed E-state index contributed by atoms with van der Waals surface area (Å²) < 4.78 is 0. The highest BCUT2D eigenvalue weighted by molar-refractivity contribution is 7.15. The molecule has 2 N–H and O–H groups in total. The number of aromatic nitrogens is 1. The first-order chi connectivity index (χ1) is 7.88. The lowest BCUT2D eigenvalue weighted by molar-refractivity contribution is 0.446. The van der Waals surface area contributed by atoms with Crippen molar-refractivity contribution in [2.24, 2.45) is 11.7 Å². The van der Waals surface area contributed by atoms with E-state index in [4.69, 9.17) is 10.7 Å². The summed E-state index contributed by atoms with van der Waals surface area (Å²) in [5, 5.41) is 1.16. The Balaban J connectivity index is 2.22. The molecule has 1 unspecified atom stereocenters. The van der Waals surface area contributed by atoms with E-state index in [1.54, 1.807) is 11.3 Å². The molecule has 1 aliphatic heterocycles. The van der Waals surface area contributed by atoms with Crippen LogP contribution < -0.4 is 10.6 Å². The standard InChI is InChI=1S/C13H23N3S/c1-9-6-5-7-16(8-9)12-15-10(2)11(17-12)13(3,4)14/h9H,5-8,14H2,1-4H3. The van der Waals surface area contributed by atoms with Crippen molar-refractivity contribution in [1.29, 1.82) is 0 Å². The minimum absolute atomic E-state index is 0.276. The number of piperidine rings is 1. The summed E-state index contributed by atoms with van der Waals surface area (Å²) in [5.41, 5.74) is 7.00. The zero-order valence-electron chi connectivity index (χ0n) is 11.3. The molecule has 1 aromatic rings. The van der Waals surface area contributed by atoms with Gasteiger partial charge in [-0.15, -0.1) is 0 Å². The molecular formula is C13H23N3S. The fraction of sp³-hybridized carbons (Fsp3) is 0.769. The van der Waals surface area contributed by atoms with Gasteiger partial charge in [0.1, 0.15) is 0 Å². The third kappa shape index (κ3) is 2.80. The number of thiazole rings is 1. The van der Waals surface area contributed by atoms with Gasteiger partial charge in [0.15, 0.2) is 5.13 Å². The number of rotatable bonds is 2. The average Bonchev–Trinajstić information content (AvgIpc) is 2.60. The summed E-state index contributed by atoms with van der Waals surface area (Å²) in [6.45, 7) is 10.8. The Morgan fingerprint density at radius 2 is 2.18 bits per heavy atom. The number of hydrogen-bond acceptors (Lipinski definition) is 4. The number of hydrogen-bond donors (Lipinski definition) is 1. The lowest BCUT2D eigenvalue weighted by Crippen LogP contribution is -2.34. The Kier molecular flexibility index (Phi) is 3.46. The predicted octanol–water partition coefficient (Wildman–Crippen LogP) is 2.88. The molecular weight excluding hydrogens is 230 g/mol. The molecule has 3 nitrogen and oxygen atoms in total. The van der Waals surface area contributed by atoms with Gasteiger partial charge in [0, 0.05) is 23.5 Å². The second kappa shape index (κ2) is 4.58. The Bertz CT molecular complexity index is 392. The van der Waals surface area contributed by atoms with Gasteiger partial charge in [-0.3, -0.25) is 0 Å². The van der Waals surface area contributed by atoms with E-state index >= 15 is 0 Å². The highest BCUT2D eigenvalue weighted by Gasteiger charge is 2.25. The molecule has 0 spiro atoms. The minimum atomic E-state index is -0.276. The van der Waals surface area contributed by atoms with E-state index in [0.29, 0.717) is 0 Å². The smallest absolute Gasteiger partial charge is 0.185 e. The summed E-state index contributed by atoms with van der Waals surface area (Å²) in [5.74, 6) is 0.780. The molecule has 0 amide bonds. The maximum Gasteiger partial charge on any atom is 0.185 e. The predicted molar refractivity (Wildman–Crippen MR) is 74.7 cm³/mol. The quantitative estimate of drug-likeness (QED) is 0.881. The molecule has 2 heterocycles. The second-order valence-corrected chi connectivity index (χ2v) is 6.80. The highest BCUT2D eigenvalue weighted by Crippen LogP contribution is 2.34. The van der Waals surface area contributed by atoms with E-state index in [0.717, 1.165) is 29.8 Å². The van der Waals surface area contributed by atoms with Gasteiger partial charge in [0.25, 0.3) is 0 Å². The van der Waals surface area contributed by atoms with Gasteiger partial charge in [-0.25, -0.2) is 4.98 Å². The maximum atomic E-state index is 6.18. The van der Waals surface area contributed by atoms with Crippen molar-refractivity contribution >= 4 is 16.5 Å². The Hall–Kier alpha value is -0.610. The molecule has 96 valence electrons. The third-order valence-corrected chi connectivity index (χ3v) is 4.86. The molecule has 4 heteroatoms. The van der Waals surface area contributed by atoms with Crippen molar-refractivity contribution in [3.05, 3.63) is 10.6 Å². The van der Waals surface area contributed by atoms with Crippen LogP contribution in [0.25, 0.3) is 0 Å². The van der Waals surface area contributed by atoms with Crippen LogP contribution in [0.15, 0.2) is 0 Å². The van der Waals surface area contributed by atoms with Gasteiger partial charge in [-0.2, -0.15) is 0 Å². The first-order valence-corrected chi connectivity index (χ1v) is 7.21. The largest absolute Gasteiger partial charge is 0.348 e. The summed E-state index contributed by atoms with van der Waals surface area (Å²) in [6, 6.07) is 0. The van der Waals surface area contributed by atoms with Crippen LogP contribution in [-0.2, 0) is 5.54 Å². The van der Waals surface area contributed by atoms with Gasteiger partial charge >= 0.3 is 0 Å². The Morgan fingerprint density at radius 3 is 2.71 bits per heavy atom. The third-order valence-electron chi connectivity index (χ3n) is 3.30. The number of nitrogens with two attached hydrogens (primary N) is 1. The van der Waals surface area contributed by atoms with E-state index in [2.05, 4.69) is 32.6 Å². The Morgan fingerprint density at radius 1 is 1.47 bits per heavy atom. The van der Waals surface area contributed by atoms with Crippen molar-refractivity contribution in [3.8, 4) is 0 Å². The van der Waals surface area contributed by atoms with Crippen molar-refractivity contribution in [1.82, 2.24) is 4.98 Å². The van der Waals surface area contributed by atoms with Crippen molar-refractivity contribution in [2.45, 2.75) is 46.1 Å². The topological polar surface area (TPSA) is 42.2 Å². The highest BCUT2D eigenvalue weighted by atomic mass is 32.1. The second-order valence-electron chi connectivity index (χ2n) is 5.83. The molecule has 0 radical (unpaired) electrons. The van der Waals surface area contributed by atoms with Crippen LogP contribution in [0.4, 0.5) is 5.13 Å². The zero-order valence-corrected chi connectivity index (χ0v) is 12.1. The van der Waals surface area contributed by atoms with Gasteiger partial charge < -0.3 is 10.6 Å². The molecule has 0 aromatic carbocycles. The lowest BCUT2D eigenvalue weighted by atomic mass is 10.0. The molecule has 2 rings (SSSR count). The molecule has 17 heavy (non-hydrogen) atoms. The summed E-state index contributed by atoms with van der Waals surface area (Å²) in [4.78, 5) is 8.33. The minimum Gasteiger partial charge on any atom is -0.348 e. The van der Waals surface area contributed by atoms with Crippen LogP contribution in [0.3, 0.4) is 0 Å². The molecule has 0 bridgehead atoms. The van der Waals surface area contributed by atoms with Gasteiger partial charge in [-0.1, -0.05) is 18.3 Å². The first-order valence-electron chi connectivity index (χ1n) is 6.39. The SMILES string of the molecule is Cc1nc(N2CCCC(C)C2)sc1C(C)(C)N. The number of aryl methyl sites for hydroxylation is 1. The van der Waals surface area contributed by atoms with Crippen LogP contribution in [0.2, 0.25) is 0 Å². The van der Waals surface area contributed by atoms with Crippen molar-refractivity contribution in [2.75, 3.05) is 18.0 Å². The monoisotopic (exact) mass is 253 g/mol. The van der Waals surface area contributed by atoms with E-state index in [9.17, 15) is 0 Å². The molecule has 1 saturated heterocycles. The van der Waals surface area contributed by atoms with Crippen LogP contribution in [-0.4, -0.2) is 18.1 Å². The molecule has 1 fully saturated rings. The maximum absolute atomic E-state index is 6.18. The van der Waals surface area contributed by atoms with Gasteiger partial charge in [-0.05, 0) is 39.5 Å². The van der Waals surface area contributed by atoms with E-state index in [-0.39, 0.29) is 5.54 Å². The average molecular weight is 253 g/mol. The summed E-state index contributed by atoms with van der Waals surface area (Å²) in [6.07, 6.45) is 2.62. The Labute approximate surface area is 108 Å². The molecule has 0 saturated carbocycles. The molecule has 1 aromatic heterocycles. The first kappa shape index (κ1) is 12.8. The fourth-order valence-electron chi connectivity index (χ4n) is 2.48. The molecule has 1 atom stereocenters.